The second kappa shape index (κ2) is 9.95. The molecule has 0 fully saturated rings. The molecule has 11 heteroatoms. The first-order chi connectivity index (χ1) is 16.3. The van der Waals surface area contributed by atoms with Gasteiger partial charge in [-0.25, -0.2) is 9.59 Å². The van der Waals surface area contributed by atoms with Crippen LogP contribution in [0.15, 0.2) is 48.5 Å². The molecule has 188 valence electrons. The van der Waals surface area contributed by atoms with Gasteiger partial charge in [0.1, 0.15) is 12.6 Å². The van der Waals surface area contributed by atoms with Gasteiger partial charge >= 0.3 is 18.2 Å². The van der Waals surface area contributed by atoms with Crippen LogP contribution >= 0.6 is 0 Å². The zero-order valence-electron chi connectivity index (χ0n) is 19.3. The second-order valence-corrected chi connectivity index (χ2v) is 8.70. The summed E-state index contributed by atoms with van der Waals surface area (Å²) in [7, 11) is 3.00. The summed E-state index contributed by atoms with van der Waals surface area (Å²) in [5.41, 5.74) is 0.196. The Hall–Kier alpha value is -3.60. The second-order valence-electron chi connectivity index (χ2n) is 8.70. The minimum atomic E-state index is -5.23. The number of aliphatic carboxylic acids is 1. The van der Waals surface area contributed by atoms with Crippen molar-refractivity contribution in [1.82, 2.24) is 15.5 Å². The van der Waals surface area contributed by atoms with Gasteiger partial charge in [-0.3, -0.25) is 10.1 Å². The number of carboxylic acids is 1. The van der Waals surface area contributed by atoms with Gasteiger partial charge in [0, 0.05) is 12.5 Å². The first-order valence-corrected chi connectivity index (χ1v) is 10.7. The van der Waals surface area contributed by atoms with E-state index in [0.717, 1.165) is 22.3 Å². The fourth-order valence-corrected chi connectivity index (χ4v) is 3.95. The number of alkyl halides is 3. The summed E-state index contributed by atoms with van der Waals surface area (Å²) in [6, 6.07) is 13.3. The number of halogens is 3. The summed E-state index contributed by atoms with van der Waals surface area (Å²) in [5.74, 6) is -3.62. The lowest BCUT2D eigenvalue weighted by atomic mass is 9.98. The third-order valence-corrected chi connectivity index (χ3v) is 5.87. The molecule has 0 aromatic heterocycles. The maximum atomic E-state index is 13.9. The maximum Gasteiger partial charge on any atom is 0.420 e. The highest BCUT2D eigenvalue weighted by atomic mass is 19.4. The molecule has 2 amide bonds. The molecule has 0 saturated heterocycles. The first-order valence-electron chi connectivity index (χ1n) is 10.7. The minimum absolute atomic E-state index is 0.250. The van der Waals surface area contributed by atoms with Gasteiger partial charge in [0.15, 0.2) is 0 Å². The number of ether oxygens (including phenoxy) is 1. The van der Waals surface area contributed by atoms with Crippen LogP contribution in [0, 0.1) is 0 Å². The van der Waals surface area contributed by atoms with E-state index >= 15 is 0 Å². The molecule has 1 unspecified atom stereocenters. The van der Waals surface area contributed by atoms with E-state index < -0.39 is 41.6 Å². The first kappa shape index (κ1) is 26.0. The van der Waals surface area contributed by atoms with Crippen molar-refractivity contribution >= 4 is 18.0 Å². The number of amides is 2. The summed E-state index contributed by atoms with van der Waals surface area (Å²) in [5, 5.41) is 12.7. The van der Waals surface area contributed by atoms with Crippen LogP contribution < -0.4 is 10.6 Å². The van der Waals surface area contributed by atoms with Crippen LogP contribution in [-0.4, -0.2) is 73.0 Å². The molecule has 8 nitrogen and oxygen atoms in total. The smallest absolute Gasteiger partial charge is 0.420 e. The minimum Gasteiger partial charge on any atom is -0.480 e. The summed E-state index contributed by atoms with van der Waals surface area (Å²) < 4.78 is 46.8. The van der Waals surface area contributed by atoms with Crippen LogP contribution in [0.25, 0.3) is 11.1 Å². The van der Waals surface area contributed by atoms with Gasteiger partial charge in [0.05, 0.1) is 0 Å². The maximum absolute atomic E-state index is 13.9. The van der Waals surface area contributed by atoms with E-state index in [1.54, 1.807) is 5.32 Å². The Morgan fingerprint density at radius 3 is 2.00 bits per heavy atom. The number of fused-ring (bicyclic) bond motifs is 3. The summed E-state index contributed by atoms with van der Waals surface area (Å²) >= 11 is 0. The van der Waals surface area contributed by atoms with Gasteiger partial charge in [-0.1, -0.05) is 48.5 Å². The lowest BCUT2D eigenvalue weighted by Gasteiger charge is -2.32. The largest absolute Gasteiger partial charge is 0.480 e. The standard InChI is InChI=1S/C24H26F3N3O5/c1-23(24(25,26)27,21(33)28-19(20(31)32)12-30(2)3)29-22(34)35-13-18-16-10-6-4-8-14(16)15-9-5-7-11-17(15)18/h4-11,18-19H,12-13H2,1-3H3,(H,28,33)(H,29,34)(H,31,32)/t19-,23?/m0/s1. The van der Waals surface area contributed by atoms with E-state index in [0.29, 0.717) is 6.92 Å². The van der Waals surface area contributed by atoms with Crippen LogP contribution in [0.1, 0.15) is 24.0 Å². The van der Waals surface area contributed by atoms with E-state index in [9.17, 15) is 32.7 Å². The molecule has 2 atom stereocenters. The molecule has 1 aliphatic rings. The van der Waals surface area contributed by atoms with E-state index in [4.69, 9.17) is 4.74 Å². The molecule has 3 rings (SSSR count). The van der Waals surface area contributed by atoms with Crippen LogP contribution in [0.5, 0.6) is 0 Å². The molecule has 0 bridgehead atoms. The van der Waals surface area contributed by atoms with E-state index in [2.05, 4.69) is 0 Å². The lowest BCUT2D eigenvalue weighted by Crippen LogP contribution is -2.67. The topological polar surface area (TPSA) is 108 Å². The average molecular weight is 493 g/mol. The number of alkyl carbamates (subject to hydrolysis) is 1. The molecule has 35 heavy (non-hydrogen) atoms. The van der Waals surface area contributed by atoms with Crippen LogP contribution in [0.3, 0.4) is 0 Å². The quantitative estimate of drug-likeness (QED) is 0.522. The van der Waals surface area contributed by atoms with E-state index in [1.165, 1.54) is 19.0 Å². The highest BCUT2D eigenvalue weighted by Crippen LogP contribution is 2.44. The number of carbonyl (C=O) groups excluding carboxylic acids is 2. The number of carboxylic acid groups (broad SMARTS) is 1. The molecule has 0 spiro atoms. The number of benzene rings is 2. The van der Waals surface area contributed by atoms with Gasteiger partial charge in [-0.05, 0) is 43.3 Å². The van der Waals surface area contributed by atoms with E-state index in [-0.39, 0.29) is 13.2 Å². The highest BCUT2D eigenvalue weighted by Gasteiger charge is 2.59. The Kier molecular flexibility index (Phi) is 7.39. The zero-order valence-corrected chi connectivity index (χ0v) is 19.3. The Labute approximate surface area is 200 Å². The van der Waals surface area contributed by atoms with Crippen molar-refractivity contribution in [2.75, 3.05) is 27.2 Å². The fraction of sp³-hybridized carbons (Fsp3) is 0.375. The number of likely N-dealkylation sites (N-methyl/N-ethyl adjacent to an activating group) is 1. The van der Waals surface area contributed by atoms with E-state index in [1.807, 2.05) is 53.8 Å². The van der Waals surface area contributed by atoms with Crippen molar-refractivity contribution in [3.63, 3.8) is 0 Å². The van der Waals surface area contributed by atoms with Crippen LogP contribution in [0.2, 0.25) is 0 Å². The fourth-order valence-electron chi connectivity index (χ4n) is 3.95. The molecule has 0 aliphatic heterocycles. The molecule has 0 saturated carbocycles. The van der Waals surface area contributed by atoms with Crippen molar-refractivity contribution in [2.45, 2.75) is 30.6 Å². The molecular weight excluding hydrogens is 467 g/mol. The summed E-state index contributed by atoms with van der Waals surface area (Å²) in [6.45, 7) is -0.0495. The molecule has 2 aromatic carbocycles. The normalized spacial score (nSPS) is 15.5. The molecule has 2 aromatic rings. The number of carbonyl (C=O) groups is 3. The third-order valence-electron chi connectivity index (χ3n) is 5.87. The highest BCUT2D eigenvalue weighted by molar-refractivity contribution is 5.93. The lowest BCUT2D eigenvalue weighted by molar-refractivity contribution is -0.195. The van der Waals surface area contributed by atoms with Crippen LogP contribution in [-0.2, 0) is 14.3 Å². The zero-order chi connectivity index (χ0) is 26.0. The molecule has 1 aliphatic carbocycles. The van der Waals surface area contributed by atoms with Gasteiger partial charge in [0.25, 0.3) is 5.91 Å². The summed E-state index contributed by atoms with van der Waals surface area (Å²) in [6.07, 6.45) is -6.69. The average Bonchev–Trinajstić information content (AvgIpc) is 3.09. The van der Waals surface area contributed by atoms with Gasteiger partial charge in [-0.2, -0.15) is 13.2 Å². The molecule has 0 radical (unpaired) electrons. The number of nitrogens with one attached hydrogen (secondary N) is 2. The Morgan fingerprint density at radius 2 is 1.54 bits per heavy atom. The number of rotatable bonds is 8. The Balaban J connectivity index is 1.75. The third kappa shape index (κ3) is 5.40. The predicted octanol–water partition coefficient (Wildman–Crippen LogP) is 2.98. The van der Waals surface area contributed by atoms with Gasteiger partial charge in [0.2, 0.25) is 5.54 Å². The van der Waals surface area contributed by atoms with Crippen molar-refractivity contribution < 1.29 is 37.4 Å². The number of nitrogens with zero attached hydrogens (tertiary/aromatic N) is 1. The molecule has 3 N–H and O–H groups in total. The Bertz CT molecular complexity index is 1080. The number of hydrogen-bond acceptors (Lipinski definition) is 5. The van der Waals surface area contributed by atoms with Crippen molar-refractivity contribution in [3.8, 4) is 11.1 Å². The molecular formula is C24H26F3N3O5. The number of hydrogen-bond donors (Lipinski definition) is 3. The SMILES string of the molecule is CN(C)C[C@H](NC(=O)C(C)(NC(=O)OCC1c2ccccc2-c2ccccc21)C(F)(F)F)C(=O)O. The predicted molar refractivity (Wildman–Crippen MR) is 121 cm³/mol. The van der Waals surface area contributed by atoms with Crippen LogP contribution in [0.4, 0.5) is 18.0 Å². The summed E-state index contributed by atoms with van der Waals surface area (Å²) in [4.78, 5) is 37.8. The molecule has 0 heterocycles. The van der Waals surface area contributed by atoms with Crippen molar-refractivity contribution in [1.29, 1.82) is 0 Å². The monoisotopic (exact) mass is 493 g/mol. The van der Waals surface area contributed by atoms with Crippen molar-refractivity contribution in [3.05, 3.63) is 59.7 Å². The van der Waals surface area contributed by atoms with Crippen molar-refractivity contribution in [2.24, 2.45) is 0 Å². The van der Waals surface area contributed by atoms with Gasteiger partial charge in [-0.15, -0.1) is 0 Å². The Morgan fingerprint density at radius 1 is 1.03 bits per heavy atom. The van der Waals surface area contributed by atoms with Gasteiger partial charge < -0.3 is 20.1 Å².